The second-order valence-electron chi connectivity index (χ2n) is 3.27. The predicted octanol–water partition coefficient (Wildman–Crippen LogP) is 0.482. The minimum atomic E-state index is -0.320. The molecule has 1 rings (SSSR count). The van der Waals surface area contributed by atoms with E-state index in [1.807, 2.05) is 12.1 Å². The zero-order valence-electron chi connectivity index (χ0n) is 9.40. The molecule has 0 unspecified atom stereocenters. The summed E-state index contributed by atoms with van der Waals surface area (Å²) in [5, 5.41) is 31.0. The zero-order chi connectivity index (χ0) is 13.4. The summed E-state index contributed by atoms with van der Waals surface area (Å²) in [5.41, 5.74) is 1.11. The van der Waals surface area contributed by atoms with Gasteiger partial charge < -0.3 is 10.6 Å². The molecule has 6 nitrogen and oxygen atoms in total. The third-order valence-corrected chi connectivity index (χ3v) is 2.08. The highest BCUT2D eigenvalue weighted by Crippen LogP contribution is 2.14. The highest BCUT2D eigenvalue weighted by molar-refractivity contribution is 5.81. The van der Waals surface area contributed by atoms with Crippen LogP contribution in [0.1, 0.15) is 11.1 Å². The Morgan fingerprint density at radius 3 is 2.50 bits per heavy atom. The van der Waals surface area contributed by atoms with Crippen LogP contribution in [0.5, 0.6) is 0 Å². The van der Waals surface area contributed by atoms with Gasteiger partial charge in [0.2, 0.25) is 5.91 Å². The number of carbonyl (C=O) groups is 1. The minimum absolute atomic E-state index is 0.00154. The van der Waals surface area contributed by atoms with Gasteiger partial charge in [0.05, 0.1) is 23.7 Å². The van der Waals surface area contributed by atoms with Crippen LogP contribution in [0.3, 0.4) is 0 Å². The van der Waals surface area contributed by atoms with Crippen LogP contribution in [0.15, 0.2) is 18.2 Å². The summed E-state index contributed by atoms with van der Waals surface area (Å²) in [7, 11) is 0. The van der Waals surface area contributed by atoms with Gasteiger partial charge in [-0.25, -0.2) is 0 Å². The first kappa shape index (κ1) is 13.0. The molecule has 0 aromatic heterocycles. The summed E-state index contributed by atoms with van der Waals surface area (Å²) in [6.07, 6.45) is 0. The van der Waals surface area contributed by atoms with Gasteiger partial charge in [0.25, 0.3) is 0 Å². The maximum absolute atomic E-state index is 11.2. The van der Waals surface area contributed by atoms with Crippen LogP contribution in [0, 0.1) is 34.0 Å². The summed E-state index contributed by atoms with van der Waals surface area (Å²) in [5.74, 6) is -0.320. The molecule has 0 spiro atoms. The van der Waals surface area contributed by atoms with E-state index in [2.05, 4.69) is 10.6 Å². The average molecular weight is 239 g/mol. The number of anilines is 1. The van der Waals surface area contributed by atoms with Crippen molar-refractivity contribution in [3.05, 3.63) is 29.3 Å². The average Bonchev–Trinajstić information content (AvgIpc) is 2.42. The van der Waals surface area contributed by atoms with Gasteiger partial charge in [0.15, 0.2) is 0 Å². The van der Waals surface area contributed by atoms with Crippen LogP contribution in [0.4, 0.5) is 5.69 Å². The lowest BCUT2D eigenvalue weighted by molar-refractivity contribution is -0.119. The Labute approximate surface area is 104 Å². The van der Waals surface area contributed by atoms with E-state index in [1.54, 1.807) is 12.1 Å². The number of rotatable bonds is 4. The third kappa shape index (κ3) is 3.52. The highest BCUT2D eigenvalue weighted by atomic mass is 16.1. The van der Waals surface area contributed by atoms with Gasteiger partial charge in [-0.2, -0.15) is 15.8 Å². The van der Waals surface area contributed by atoms with Gasteiger partial charge in [-0.3, -0.25) is 4.79 Å². The molecule has 1 amide bonds. The Morgan fingerprint density at radius 1 is 1.17 bits per heavy atom. The number of nitrogens with one attached hydrogen (secondary N) is 2. The maximum atomic E-state index is 11.2. The van der Waals surface area contributed by atoms with E-state index in [0.29, 0.717) is 5.69 Å². The molecule has 1 aromatic carbocycles. The van der Waals surface area contributed by atoms with Gasteiger partial charge in [-0.1, -0.05) is 0 Å². The summed E-state index contributed by atoms with van der Waals surface area (Å²) < 4.78 is 0. The molecule has 0 saturated carbocycles. The minimum Gasteiger partial charge on any atom is -0.376 e. The standard InChI is InChI=1S/C12H9N5O/c13-3-4-16-12(18)8-17-11-2-1-9(6-14)10(5-11)7-15/h1-2,5,17H,4,8H2,(H,16,18). The van der Waals surface area contributed by atoms with Crippen LogP contribution >= 0.6 is 0 Å². The van der Waals surface area contributed by atoms with Crippen molar-refractivity contribution in [3.8, 4) is 18.2 Å². The Hall–Kier alpha value is -3.04. The lowest BCUT2D eigenvalue weighted by Gasteiger charge is -2.06. The molecule has 88 valence electrons. The summed E-state index contributed by atoms with van der Waals surface area (Å²) >= 11 is 0. The Kier molecular flexibility index (Phi) is 4.72. The van der Waals surface area contributed by atoms with Crippen molar-refractivity contribution in [3.63, 3.8) is 0 Å². The molecule has 0 radical (unpaired) electrons. The molecule has 0 saturated heterocycles. The molecule has 0 aliphatic carbocycles. The first-order valence-electron chi connectivity index (χ1n) is 5.03. The number of nitrogens with zero attached hydrogens (tertiary/aromatic N) is 3. The number of carbonyl (C=O) groups excluding carboxylic acids is 1. The molecule has 6 heteroatoms. The molecule has 0 aliphatic heterocycles. The largest absolute Gasteiger partial charge is 0.376 e. The van der Waals surface area contributed by atoms with E-state index in [-0.39, 0.29) is 30.1 Å². The Balaban J connectivity index is 2.65. The normalized spacial score (nSPS) is 8.50. The summed E-state index contributed by atoms with van der Waals surface area (Å²) in [6.45, 7) is -0.0459. The number of hydrogen-bond donors (Lipinski definition) is 2. The van der Waals surface area contributed by atoms with Crippen molar-refractivity contribution in [2.24, 2.45) is 0 Å². The molecule has 0 fully saturated rings. The number of amides is 1. The van der Waals surface area contributed by atoms with Crippen LogP contribution in [-0.2, 0) is 4.79 Å². The van der Waals surface area contributed by atoms with Crippen molar-refractivity contribution in [1.29, 1.82) is 15.8 Å². The fraction of sp³-hybridized carbons (Fsp3) is 0.167. The van der Waals surface area contributed by atoms with Crippen molar-refractivity contribution < 1.29 is 4.79 Å². The van der Waals surface area contributed by atoms with Gasteiger partial charge in [-0.15, -0.1) is 0 Å². The van der Waals surface area contributed by atoms with Gasteiger partial charge in [0.1, 0.15) is 18.7 Å². The second-order valence-corrected chi connectivity index (χ2v) is 3.27. The molecule has 0 heterocycles. The first-order chi connectivity index (χ1) is 8.71. The molecule has 0 aliphatic rings. The molecular weight excluding hydrogens is 230 g/mol. The van der Waals surface area contributed by atoms with Crippen molar-refractivity contribution in [2.45, 2.75) is 0 Å². The van der Waals surface area contributed by atoms with E-state index in [4.69, 9.17) is 15.8 Å². The Morgan fingerprint density at radius 2 is 1.89 bits per heavy atom. The smallest absolute Gasteiger partial charge is 0.240 e. The van der Waals surface area contributed by atoms with Gasteiger partial charge in [-0.05, 0) is 18.2 Å². The van der Waals surface area contributed by atoms with E-state index in [9.17, 15) is 4.79 Å². The van der Waals surface area contributed by atoms with E-state index < -0.39 is 0 Å². The number of benzene rings is 1. The molecule has 2 N–H and O–H groups in total. The van der Waals surface area contributed by atoms with Gasteiger partial charge in [0, 0.05) is 5.69 Å². The fourth-order valence-corrected chi connectivity index (χ4v) is 1.23. The highest BCUT2D eigenvalue weighted by Gasteiger charge is 2.04. The van der Waals surface area contributed by atoms with Crippen LogP contribution in [-0.4, -0.2) is 19.0 Å². The van der Waals surface area contributed by atoms with Gasteiger partial charge >= 0.3 is 0 Å². The quantitative estimate of drug-likeness (QED) is 0.742. The van der Waals surface area contributed by atoms with Crippen molar-refractivity contribution >= 4 is 11.6 Å². The zero-order valence-corrected chi connectivity index (χ0v) is 9.40. The summed E-state index contributed by atoms with van der Waals surface area (Å²) in [4.78, 5) is 11.2. The predicted molar refractivity (Wildman–Crippen MR) is 63.0 cm³/mol. The SMILES string of the molecule is N#CCNC(=O)CNc1ccc(C#N)c(C#N)c1. The molecule has 0 bridgehead atoms. The monoisotopic (exact) mass is 239 g/mol. The molecular formula is C12H9N5O. The lowest BCUT2D eigenvalue weighted by Crippen LogP contribution is -2.29. The lowest BCUT2D eigenvalue weighted by atomic mass is 10.1. The molecule has 0 atom stereocenters. The fourth-order valence-electron chi connectivity index (χ4n) is 1.23. The number of nitriles is 3. The Bertz CT molecular complexity index is 574. The summed E-state index contributed by atoms with van der Waals surface area (Å²) in [6, 6.07) is 10.2. The van der Waals surface area contributed by atoms with Crippen LogP contribution in [0.2, 0.25) is 0 Å². The molecule has 1 aromatic rings. The van der Waals surface area contributed by atoms with E-state index in [0.717, 1.165) is 0 Å². The van der Waals surface area contributed by atoms with Crippen LogP contribution < -0.4 is 10.6 Å². The molecule has 18 heavy (non-hydrogen) atoms. The maximum Gasteiger partial charge on any atom is 0.240 e. The van der Waals surface area contributed by atoms with Crippen molar-refractivity contribution in [1.82, 2.24) is 5.32 Å². The first-order valence-corrected chi connectivity index (χ1v) is 5.03. The number of hydrogen-bond acceptors (Lipinski definition) is 5. The van der Waals surface area contributed by atoms with Crippen LogP contribution in [0.25, 0.3) is 0 Å². The topological polar surface area (TPSA) is 112 Å². The van der Waals surface area contributed by atoms with Crippen molar-refractivity contribution in [2.75, 3.05) is 18.4 Å². The second kappa shape index (κ2) is 6.52. The third-order valence-electron chi connectivity index (χ3n) is 2.08. The van der Waals surface area contributed by atoms with E-state index in [1.165, 1.54) is 12.1 Å². The van der Waals surface area contributed by atoms with E-state index >= 15 is 0 Å².